The van der Waals surface area contributed by atoms with Crippen molar-refractivity contribution >= 4 is 34.5 Å². The summed E-state index contributed by atoms with van der Waals surface area (Å²) in [7, 11) is 0. The van der Waals surface area contributed by atoms with E-state index in [1.165, 1.54) is 37.2 Å². The topological polar surface area (TPSA) is 61.4 Å². The standard InChI is InChI=1S/C19H25N5OS/c1-2-14-18(26-22-21-14)19(25)20-17-15(23-10-3-4-11-23)8-7-9-16(17)24-12-5-6-13-24/h7-9H,2-6,10-13H2,1H3,(H,20,25). The fourth-order valence-corrected chi connectivity index (χ4v) is 4.53. The maximum Gasteiger partial charge on any atom is 0.269 e. The first kappa shape index (κ1) is 17.3. The number of benzene rings is 1. The highest BCUT2D eigenvalue weighted by Crippen LogP contribution is 2.39. The van der Waals surface area contributed by atoms with E-state index >= 15 is 0 Å². The molecule has 2 fully saturated rings. The SMILES string of the molecule is CCc1nnsc1C(=O)Nc1c(N2CCCC2)cccc1N1CCCC1. The number of aromatic nitrogens is 2. The number of nitrogens with one attached hydrogen (secondary N) is 1. The lowest BCUT2D eigenvalue weighted by molar-refractivity contribution is 0.102. The molecule has 0 unspecified atom stereocenters. The minimum absolute atomic E-state index is 0.0936. The zero-order valence-corrected chi connectivity index (χ0v) is 16.0. The average molecular weight is 372 g/mol. The second-order valence-corrected chi connectivity index (χ2v) is 7.67. The van der Waals surface area contributed by atoms with Gasteiger partial charge in [0.1, 0.15) is 4.88 Å². The molecule has 1 aromatic carbocycles. The first-order valence-corrected chi connectivity index (χ1v) is 10.3. The Morgan fingerprint density at radius 1 is 1.08 bits per heavy atom. The summed E-state index contributed by atoms with van der Waals surface area (Å²) >= 11 is 1.18. The molecule has 0 saturated carbocycles. The van der Waals surface area contributed by atoms with Crippen LogP contribution >= 0.6 is 11.5 Å². The maximum atomic E-state index is 13.0. The Labute approximate surface area is 158 Å². The van der Waals surface area contributed by atoms with Gasteiger partial charge in [-0.15, -0.1) is 5.10 Å². The lowest BCUT2D eigenvalue weighted by Gasteiger charge is -2.27. The molecular weight excluding hydrogens is 346 g/mol. The van der Waals surface area contributed by atoms with Gasteiger partial charge >= 0.3 is 0 Å². The Hall–Kier alpha value is -2.15. The smallest absolute Gasteiger partial charge is 0.269 e. The van der Waals surface area contributed by atoms with Gasteiger partial charge in [-0.05, 0) is 55.8 Å². The molecule has 138 valence electrons. The second-order valence-electron chi connectivity index (χ2n) is 6.92. The number of hydrogen-bond donors (Lipinski definition) is 1. The maximum absolute atomic E-state index is 13.0. The molecule has 0 bridgehead atoms. The van der Waals surface area contributed by atoms with Crippen LogP contribution in [0.1, 0.15) is 48.0 Å². The highest BCUT2D eigenvalue weighted by atomic mass is 32.1. The first-order chi connectivity index (χ1) is 12.8. The van der Waals surface area contributed by atoms with Crippen LogP contribution in [0.25, 0.3) is 0 Å². The molecule has 4 rings (SSSR count). The van der Waals surface area contributed by atoms with Crippen molar-refractivity contribution in [3.05, 3.63) is 28.8 Å². The zero-order valence-electron chi connectivity index (χ0n) is 15.2. The lowest BCUT2D eigenvalue weighted by atomic mass is 10.1. The number of aryl methyl sites for hydroxylation is 1. The van der Waals surface area contributed by atoms with Crippen LogP contribution in [0.2, 0.25) is 0 Å². The number of carbonyl (C=O) groups is 1. The summed E-state index contributed by atoms with van der Waals surface area (Å²) in [5, 5.41) is 7.30. The van der Waals surface area contributed by atoms with E-state index in [0.717, 1.165) is 48.9 Å². The monoisotopic (exact) mass is 371 g/mol. The Morgan fingerprint density at radius 3 is 2.19 bits per heavy atom. The normalized spacial score (nSPS) is 17.1. The molecule has 6 nitrogen and oxygen atoms in total. The minimum atomic E-state index is -0.0936. The van der Waals surface area contributed by atoms with Crippen LogP contribution in [0.15, 0.2) is 18.2 Å². The molecule has 1 aromatic heterocycles. The van der Waals surface area contributed by atoms with Crippen molar-refractivity contribution in [2.24, 2.45) is 0 Å². The van der Waals surface area contributed by atoms with E-state index in [4.69, 9.17) is 0 Å². The molecule has 0 radical (unpaired) electrons. The van der Waals surface area contributed by atoms with E-state index in [-0.39, 0.29) is 5.91 Å². The Morgan fingerprint density at radius 2 is 1.65 bits per heavy atom. The molecule has 1 N–H and O–H groups in total. The molecule has 1 amide bonds. The summed E-state index contributed by atoms with van der Waals surface area (Å²) < 4.78 is 3.97. The molecule has 2 aromatic rings. The van der Waals surface area contributed by atoms with Crippen LogP contribution in [-0.2, 0) is 6.42 Å². The van der Waals surface area contributed by atoms with Crippen molar-refractivity contribution in [2.75, 3.05) is 41.3 Å². The Balaban J connectivity index is 1.70. The summed E-state index contributed by atoms with van der Waals surface area (Å²) in [6, 6.07) is 6.38. The third-order valence-electron chi connectivity index (χ3n) is 5.25. The van der Waals surface area contributed by atoms with Crippen LogP contribution in [0.4, 0.5) is 17.1 Å². The van der Waals surface area contributed by atoms with E-state index in [9.17, 15) is 4.79 Å². The molecule has 26 heavy (non-hydrogen) atoms. The van der Waals surface area contributed by atoms with E-state index in [1.807, 2.05) is 6.92 Å². The van der Waals surface area contributed by atoms with Gasteiger partial charge < -0.3 is 15.1 Å². The van der Waals surface area contributed by atoms with Crippen molar-refractivity contribution in [1.82, 2.24) is 9.59 Å². The predicted octanol–water partition coefficient (Wildman–Crippen LogP) is 3.55. The highest BCUT2D eigenvalue weighted by Gasteiger charge is 2.25. The van der Waals surface area contributed by atoms with Crippen molar-refractivity contribution in [2.45, 2.75) is 39.0 Å². The van der Waals surface area contributed by atoms with Gasteiger partial charge in [-0.1, -0.05) is 17.5 Å². The van der Waals surface area contributed by atoms with Gasteiger partial charge in [0.2, 0.25) is 0 Å². The van der Waals surface area contributed by atoms with Gasteiger partial charge in [0.05, 0.1) is 22.8 Å². The van der Waals surface area contributed by atoms with Crippen molar-refractivity contribution in [1.29, 1.82) is 0 Å². The molecular formula is C19H25N5OS. The van der Waals surface area contributed by atoms with Crippen LogP contribution in [0.3, 0.4) is 0 Å². The number of carbonyl (C=O) groups excluding carboxylic acids is 1. The van der Waals surface area contributed by atoms with E-state index in [1.54, 1.807) is 0 Å². The summed E-state index contributed by atoms with van der Waals surface area (Å²) in [5.74, 6) is -0.0936. The minimum Gasteiger partial charge on any atom is -0.370 e. The van der Waals surface area contributed by atoms with Crippen molar-refractivity contribution in [3.8, 4) is 0 Å². The summed E-state index contributed by atoms with van der Waals surface area (Å²) in [6.07, 6.45) is 5.55. The van der Waals surface area contributed by atoms with E-state index in [2.05, 4.69) is 42.9 Å². The summed E-state index contributed by atoms with van der Waals surface area (Å²) in [5.41, 5.74) is 3.98. The van der Waals surface area contributed by atoms with Gasteiger partial charge in [0.25, 0.3) is 5.91 Å². The molecule has 0 atom stereocenters. The van der Waals surface area contributed by atoms with E-state index < -0.39 is 0 Å². The molecule has 3 heterocycles. The molecule has 2 aliphatic heterocycles. The Kier molecular flexibility index (Phi) is 5.06. The Bertz CT molecular complexity index is 744. The third-order valence-corrected chi connectivity index (χ3v) is 6.02. The van der Waals surface area contributed by atoms with Crippen molar-refractivity contribution in [3.63, 3.8) is 0 Å². The largest absolute Gasteiger partial charge is 0.370 e. The van der Waals surface area contributed by atoms with Crippen LogP contribution < -0.4 is 15.1 Å². The molecule has 0 spiro atoms. The van der Waals surface area contributed by atoms with Gasteiger partial charge in [-0.3, -0.25) is 4.79 Å². The molecule has 7 heteroatoms. The number of para-hydroxylation sites is 1. The van der Waals surface area contributed by atoms with Gasteiger partial charge in [-0.25, -0.2) is 0 Å². The summed E-state index contributed by atoms with van der Waals surface area (Å²) in [4.78, 5) is 18.4. The van der Waals surface area contributed by atoms with Crippen LogP contribution in [0, 0.1) is 0 Å². The number of hydrogen-bond acceptors (Lipinski definition) is 6. The second kappa shape index (κ2) is 7.61. The summed E-state index contributed by atoms with van der Waals surface area (Å²) in [6.45, 7) is 6.20. The number of nitrogens with zero attached hydrogens (tertiary/aromatic N) is 4. The lowest BCUT2D eigenvalue weighted by Crippen LogP contribution is -2.25. The molecule has 2 saturated heterocycles. The molecule has 2 aliphatic rings. The number of amides is 1. The van der Waals surface area contributed by atoms with Crippen molar-refractivity contribution < 1.29 is 4.79 Å². The van der Waals surface area contributed by atoms with Gasteiger partial charge in [-0.2, -0.15) is 0 Å². The number of rotatable bonds is 5. The third kappa shape index (κ3) is 3.28. The quantitative estimate of drug-likeness (QED) is 0.871. The fourth-order valence-electron chi connectivity index (χ4n) is 3.88. The zero-order chi connectivity index (χ0) is 17.9. The van der Waals surface area contributed by atoms with E-state index in [0.29, 0.717) is 11.3 Å². The van der Waals surface area contributed by atoms with Gasteiger partial charge in [0.15, 0.2) is 0 Å². The fraction of sp³-hybridized carbons (Fsp3) is 0.526. The van der Waals surface area contributed by atoms with Gasteiger partial charge in [0, 0.05) is 26.2 Å². The van der Waals surface area contributed by atoms with Crippen LogP contribution in [0.5, 0.6) is 0 Å². The van der Waals surface area contributed by atoms with Crippen LogP contribution in [-0.4, -0.2) is 41.7 Å². The average Bonchev–Trinajstić information content (AvgIpc) is 3.43. The highest BCUT2D eigenvalue weighted by molar-refractivity contribution is 7.08. The molecule has 0 aliphatic carbocycles. The number of anilines is 3. The first-order valence-electron chi connectivity index (χ1n) is 9.53. The predicted molar refractivity (Wildman–Crippen MR) is 107 cm³/mol.